The normalized spacial score (nSPS) is 10.6. The summed E-state index contributed by atoms with van der Waals surface area (Å²) in [6, 6.07) is 7.26. The van der Waals surface area contributed by atoms with Gasteiger partial charge in [0, 0.05) is 12.4 Å². The largest absolute Gasteiger partial charge is 0.478 e. The van der Waals surface area contributed by atoms with Gasteiger partial charge >= 0.3 is 5.97 Å². The lowest BCUT2D eigenvalue weighted by Crippen LogP contribution is -2.03. The number of aryl methyl sites for hydroxylation is 1. The maximum absolute atomic E-state index is 11.0. The van der Waals surface area contributed by atoms with Crippen molar-refractivity contribution >= 4 is 22.7 Å². The molecule has 2 rings (SSSR count). The number of aromatic nitrogens is 1. The molecule has 2 aromatic rings. The van der Waals surface area contributed by atoms with Crippen LogP contribution in [-0.2, 0) is 7.05 Å². The van der Waals surface area contributed by atoms with Gasteiger partial charge < -0.3 is 15.4 Å². The molecule has 4 nitrogen and oxygen atoms in total. The Morgan fingerprint density at radius 3 is 2.71 bits per heavy atom. The van der Waals surface area contributed by atoms with Crippen molar-refractivity contribution in [2.24, 2.45) is 7.05 Å². The zero-order chi connectivity index (χ0) is 10.3. The van der Waals surface area contributed by atoms with Crippen LogP contribution in [0.15, 0.2) is 24.3 Å². The summed E-state index contributed by atoms with van der Waals surface area (Å²) in [6.45, 7) is 0. The van der Waals surface area contributed by atoms with E-state index in [1.165, 1.54) is 0 Å². The summed E-state index contributed by atoms with van der Waals surface area (Å²) in [7, 11) is 1.75. The van der Waals surface area contributed by atoms with E-state index in [2.05, 4.69) is 0 Å². The highest BCUT2D eigenvalue weighted by Crippen LogP contribution is 2.26. The Balaban J connectivity index is 2.95. The molecule has 1 heterocycles. The number of nitrogens with zero attached hydrogens (tertiary/aromatic N) is 1. The summed E-state index contributed by atoms with van der Waals surface area (Å²) in [5.74, 6) is -0.696. The smallest absolute Gasteiger partial charge is 0.340 e. The molecule has 0 bridgehead atoms. The molecule has 0 unspecified atom stereocenters. The lowest BCUT2D eigenvalue weighted by Gasteiger charge is -1.96. The van der Waals surface area contributed by atoms with Crippen LogP contribution in [0.2, 0.25) is 0 Å². The number of nitrogen functional groups attached to an aromatic ring is 1. The molecule has 3 N–H and O–H groups in total. The van der Waals surface area contributed by atoms with E-state index in [9.17, 15) is 4.79 Å². The Hall–Kier alpha value is -1.97. The SMILES string of the molecule is Cn1c(N)c(C(=O)O)c2ccccc21. The number of hydrogen-bond donors (Lipinski definition) is 2. The van der Waals surface area contributed by atoms with Crippen LogP contribution in [0.5, 0.6) is 0 Å². The third-order valence-corrected chi connectivity index (χ3v) is 2.37. The zero-order valence-corrected chi connectivity index (χ0v) is 7.69. The predicted molar refractivity (Wildman–Crippen MR) is 54.3 cm³/mol. The fourth-order valence-corrected chi connectivity index (χ4v) is 1.64. The Bertz CT molecular complexity index is 514. The summed E-state index contributed by atoms with van der Waals surface area (Å²) < 4.78 is 1.68. The van der Waals surface area contributed by atoms with E-state index >= 15 is 0 Å². The molecule has 0 aliphatic heterocycles. The van der Waals surface area contributed by atoms with Gasteiger partial charge in [-0.05, 0) is 6.07 Å². The molecule has 0 aliphatic rings. The highest BCUT2D eigenvalue weighted by atomic mass is 16.4. The standard InChI is InChI=1S/C10H10N2O2/c1-12-7-5-3-2-4-6(7)8(9(12)11)10(13)14/h2-5H,11H2,1H3,(H,13,14). The first kappa shape index (κ1) is 8.62. The van der Waals surface area contributed by atoms with Gasteiger partial charge in [0.1, 0.15) is 11.4 Å². The van der Waals surface area contributed by atoms with Crippen molar-refractivity contribution in [1.82, 2.24) is 4.57 Å². The second-order valence-electron chi connectivity index (χ2n) is 3.14. The van der Waals surface area contributed by atoms with E-state index in [-0.39, 0.29) is 5.56 Å². The molecule has 0 fully saturated rings. The topological polar surface area (TPSA) is 68.2 Å². The van der Waals surface area contributed by atoms with Crippen molar-refractivity contribution in [3.63, 3.8) is 0 Å². The van der Waals surface area contributed by atoms with Crippen LogP contribution in [-0.4, -0.2) is 15.6 Å². The molecule has 0 atom stereocenters. The number of benzene rings is 1. The van der Waals surface area contributed by atoms with Gasteiger partial charge in [-0.15, -0.1) is 0 Å². The lowest BCUT2D eigenvalue weighted by atomic mass is 10.2. The number of aromatic carboxylic acids is 1. The van der Waals surface area contributed by atoms with Gasteiger partial charge in [-0.1, -0.05) is 18.2 Å². The molecular weight excluding hydrogens is 180 g/mol. The van der Waals surface area contributed by atoms with E-state index in [0.29, 0.717) is 11.2 Å². The molecule has 0 amide bonds. The molecule has 1 aromatic carbocycles. The molecule has 0 spiro atoms. The van der Waals surface area contributed by atoms with Crippen LogP contribution < -0.4 is 5.73 Å². The van der Waals surface area contributed by atoms with Gasteiger partial charge in [0.15, 0.2) is 0 Å². The summed E-state index contributed by atoms with van der Waals surface area (Å²) >= 11 is 0. The summed E-state index contributed by atoms with van der Waals surface area (Å²) in [5.41, 5.74) is 6.72. The molecule has 0 saturated heterocycles. The molecule has 4 heteroatoms. The Kier molecular flexibility index (Phi) is 1.70. The third-order valence-electron chi connectivity index (χ3n) is 2.37. The second-order valence-corrected chi connectivity index (χ2v) is 3.14. The van der Waals surface area contributed by atoms with Crippen LogP contribution in [0.1, 0.15) is 10.4 Å². The number of para-hydroxylation sites is 1. The highest BCUT2D eigenvalue weighted by Gasteiger charge is 2.17. The number of anilines is 1. The molecule has 0 aliphatic carbocycles. The van der Waals surface area contributed by atoms with Crippen LogP contribution in [0, 0.1) is 0 Å². The number of fused-ring (bicyclic) bond motifs is 1. The Morgan fingerprint density at radius 1 is 1.43 bits per heavy atom. The third kappa shape index (κ3) is 0.970. The van der Waals surface area contributed by atoms with E-state index < -0.39 is 5.97 Å². The predicted octanol–water partition coefficient (Wildman–Crippen LogP) is 1.46. The Morgan fingerprint density at radius 2 is 2.07 bits per heavy atom. The van der Waals surface area contributed by atoms with Crippen molar-refractivity contribution < 1.29 is 9.90 Å². The maximum Gasteiger partial charge on any atom is 0.340 e. The number of carboxylic acids is 1. The molecule has 1 aromatic heterocycles. The van der Waals surface area contributed by atoms with Crippen molar-refractivity contribution in [2.45, 2.75) is 0 Å². The first-order chi connectivity index (χ1) is 6.63. The van der Waals surface area contributed by atoms with E-state index in [0.717, 1.165) is 5.52 Å². The average Bonchev–Trinajstić information content (AvgIpc) is 2.41. The van der Waals surface area contributed by atoms with Crippen LogP contribution in [0.3, 0.4) is 0 Å². The van der Waals surface area contributed by atoms with Gasteiger partial charge in [0.2, 0.25) is 0 Å². The molecule has 0 saturated carbocycles. The van der Waals surface area contributed by atoms with Crippen molar-refractivity contribution in [1.29, 1.82) is 0 Å². The fraction of sp³-hybridized carbons (Fsp3) is 0.100. The number of carboxylic acid groups (broad SMARTS) is 1. The number of hydrogen-bond acceptors (Lipinski definition) is 2. The van der Waals surface area contributed by atoms with E-state index in [1.807, 2.05) is 12.1 Å². The second kappa shape index (κ2) is 2.77. The van der Waals surface area contributed by atoms with Crippen molar-refractivity contribution in [3.8, 4) is 0 Å². The van der Waals surface area contributed by atoms with Crippen LogP contribution in [0.4, 0.5) is 5.82 Å². The maximum atomic E-state index is 11.0. The molecular formula is C10H10N2O2. The fourth-order valence-electron chi connectivity index (χ4n) is 1.64. The summed E-state index contributed by atoms with van der Waals surface area (Å²) in [5, 5.41) is 9.66. The minimum atomic E-state index is -0.987. The summed E-state index contributed by atoms with van der Waals surface area (Å²) in [4.78, 5) is 11.0. The first-order valence-corrected chi connectivity index (χ1v) is 4.19. The van der Waals surface area contributed by atoms with Gasteiger partial charge in [0.05, 0.1) is 5.52 Å². The lowest BCUT2D eigenvalue weighted by molar-refractivity contribution is 0.0700. The molecule has 0 radical (unpaired) electrons. The molecule has 14 heavy (non-hydrogen) atoms. The minimum absolute atomic E-state index is 0.183. The van der Waals surface area contributed by atoms with E-state index in [1.54, 1.807) is 23.7 Å². The average molecular weight is 190 g/mol. The monoisotopic (exact) mass is 190 g/mol. The minimum Gasteiger partial charge on any atom is -0.478 e. The van der Waals surface area contributed by atoms with E-state index in [4.69, 9.17) is 10.8 Å². The molecule has 72 valence electrons. The van der Waals surface area contributed by atoms with Gasteiger partial charge in [-0.3, -0.25) is 0 Å². The number of nitrogens with two attached hydrogens (primary N) is 1. The summed E-state index contributed by atoms with van der Waals surface area (Å²) in [6.07, 6.45) is 0. The van der Waals surface area contributed by atoms with Gasteiger partial charge in [0.25, 0.3) is 0 Å². The Labute approximate surface area is 80.6 Å². The quantitative estimate of drug-likeness (QED) is 0.715. The first-order valence-electron chi connectivity index (χ1n) is 4.19. The van der Waals surface area contributed by atoms with Gasteiger partial charge in [-0.25, -0.2) is 4.79 Å². The van der Waals surface area contributed by atoms with Crippen molar-refractivity contribution in [3.05, 3.63) is 29.8 Å². The zero-order valence-electron chi connectivity index (χ0n) is 7.69. The van der Waals surface area contributed by atoms with Crippen molar-refractivity contribution in [2.75, 3.05) is 5.73 Å². The number of carbonyl (C=O) groups is 1. The highest BCUT2D eigenvalue weighted by molar-refractivity contribution is 6.08. The van der Waals surface area contributed by atoms with Crippen LogP contribution >= 0.6 is 0 Å². The van der Waals surface area contributed by atoms with Gasteiger partial charge in [-0.2, -0.15) is 0 Å². The van der Waals surface area contributed by atoms with Crippen LogP contribution in [0.25, 0.3) is 10.9 Å². The number of rotatable bonds is 1.